The molecule has 0 bridgehead atoms. The van der Waals surface area contributed by atoms with Crippen molar-refractivity contribution in [1.29, 1.82) is 0 Å². The van der Waals surface area contributed by atoms with Crippen LogP contribution in [-0.4, -0.2) is 17.5 Å². The minimum Gasteiger partial charge on any atom is -0.493 e. The highest BCUT2D eigenvalue weighted by atomic mass is 32.2. The fraction of sp³-hybridized carbons (Fsp3) is 0.375. The van der Waals surface area contributed by atoms with Crippen molar-refractivity contribution in [2.75, 3.05) is 12.4 Å². The van der Waals surface area contributed by atoms with E-state index in [1.165, 1.54) is 23.1 Å². The Bertz CT molecular complexity index is 664. The van der Waals surface area contributed by atoms with E-state index in [0.29, 0.717) is 18.8 Å². The van der Waals surface area contributed by atoms with Crippen molar-refractivity contribution in [3.8, 4) is 5.75 Å². The van der Waals surface area contributed by atoms with Crippen LogP contribution in [0.15, 0.2) is 35.1 Å². The van der Waals surface area contributed by atoms with Crippen molar-refractivity contribution in [2.24, 2.45) is 0 Å². The summed E-state index contributed by atoms with van der Waals surface area (Å²) < 4.78 is 6.70. The Hall–Kier alpha value is -1.33. The molecule has 2 aromatic rings. The smallest absolute Gasteiger partial charge is 0.236 e. The molecule has 1 heterocycles. The molecule has 0 unspecified atom stereocenters. The zero-order chi connectivity index (χ0) is 15.1. The van der Waals surface area contributed by atoms with E-state index >= 15 is 0 Å². The van der Waals surface area contributed by atoms with Gasteiger partial charge in [-0.3, -0.25) is 9.59 Å². The largest absolute Gasteiger partial charge is 0.493 e. The summed E-state index contributed by atoms with van der Waals surface area (Å²) in [5.74, 6) is 1.49. The van der Waals surface area contributed by atoms with Gasteiger partial charge in [0, 0.05) is 28.3 Å². The van der Waals surface area contributed by atoms with E-state index in [1.54, 1.807) is 6.07 Å². The van der Waals surface area contributed by atoms with E-state index in [4.69, 9.17) is 4.74 Å². The van der Waals surface area contributed by atoms with Crippen molar-refractivity contribution >= 4 is 38.3 Å². The van der Waals surface area contributed by atoms with E-state index < -0.39 is 0 Å². The Balaban J connectivity index is 1.86. The van der Waals surface area contributed by atoms with Crippen molar-refractivity contribution < 1.29 is 9.53 Å². The standard InChI is InChI=1S/C16H18O3S2/c1-2-15(17)20-10-6-5-9-19-13-11-16(18)21-14-8-4-3-7-12(13)14/h3-4,7-8,11H,2,5-6,9-10H2,1H3. The molecule has 0 saturated heterocycles. The Labute approximate surface area is 132 Å². The fourth-order valence-electron chi connectivity index (χ4n) is 1.88. The van der Waals surface area contributed by atoms with E-state index in [2.05, 4.69) is 0 Å². The van der Waals surface area contributed by atoms with Gasteiger partial charge >= 0.3 is 0 Å². The maximum absolute atomic E-state index is 11.6. The van der Waals surface area contributed by atoms with Gasteiger partial charge in [0.05, 0.1) is 6.61 Å². The predicted octanol–water partition coefficient (Wildman–Crippen LogP) is 4.09. The first-order valence-corrected chi connectivity index (χ1v) is 8.82. The van der Waals surface area contributed by atoms with Crippen LogP contribution in [0.5, 0.6) is 5.75 Å². The molecule has 0 aliphatic rings. The third kappa shape index (κ3) is 4.86. The Kier molecular flexibility index (Phi) is 6.26. The number of carbonyl (C=O) groups is 1. The average molecular weight is 322 g/mol. The number of thioether (sulfide) groups is 1. The molecule has 5 heteroatoms. The minimum absolute atomic E-state index is 0.00722. The van der Waals surface area contributed by atoms with E-state index in [-0.39, 0.29) is 9.86 Å². The van der Waals surface area contributed by atoms with Crippen LogP contribution in [0.4, 0.5) is 0 Å². The van der Waals surface area contributed by atoms with Gasteiger partial charge in [-0.1, -0.05) is 42.2 Å². The Morgan fingerprint density at radius 3 is 2.90 bits per heavy atom. The maximum atomic E-state index is 11.6. The van der Waals surface area contributed by atoms with Crippen LogP contribution in [0.3, 0.4) is 0 Å². The molecule has 0 fully saturated rings. The van der Waals surface area contributed by atoms with Crippen molar-refractivity contribution in [3.05, 3.63) is 39.9 Å². The molecular formula is C16H18O3S2. The van der Waals surface area contributed by atoms with Crippen LogP contribution >= 0.6 is 23.1 Å². The normalized spacial score (nSPS) is 10.7. The van der Waals surface area contributed by atoms with Crippen LogP contribution in [0.1, 0.15) is 26.2 Å². The Morgan fingerprint density at radius 1 is 1.29 bits per heavy atom. The lowest BCUT2D eigenvalue weighted by molar-refractivity contribution is -0.110. The van der Waals surface area contributed by atoms with E-state index in [1.807, 2.05) is 31.2 Å². The first-order valence-electron chi connectivity index (χ1n) is 7.02. The molecule has 0 spiro atoms. The van der Waals surface area contributed by atoms with Crippen molar-refractivity contribution in [1.82, 2.24) is 0 Å². The molecule has 0 aliphatic heterocycles. The molecule has 0 aliphatic carbocycles. The number of carbonyl (C=O) groups excluding carboxylic acids is 1. The number of unbranched alkanes of at least 4 members (excludes halogenated alkanes) is 1. The van der Waals surface area contributed by atoms with Crippen molar-refractivity contribution in [2.45, 2.75) is 26.2 Å². The van der Waals surface area contributed by atoms with Crippen LogP contribution in [0.25, 0.3) is 10.1 Å². The molecule has 0 N–H and O–H groups in total. The zero-order valence-corrected chi connectivity index (χ0v) is 13.6. The number of hydrogen-bond donors (Lipinski definition) is 0. The summed E-state index contributed by atoms with van der Waals surface area (Å²) in [5, 5.41) is 1.22. The van der Waals surface area contributed by atoms with Crippen LogP contribution in [-0.2, 0) is 4.79 Å². The van der Waals surface area contributed by atoms with Gasteiger partial charge in [0.25, 0.3) is 0 Å². The first kappa shape index (κ1) is 16.0. The minimum atomic E-state index is 0.00722. The highest BCUT2D eigenvalue weighted by Crippen LogP contribution is 2.26. The first-order chi connectivity index (χ1) is 10.2. The number of rotatable bonds is 7. The van der Waals surface area contributed by atoms with Crippen LogP contribution < -0.4 is 9.48 Å². The van der Waals surface area contributed by atoms with Gasteiger partial charge < -0.3 is 4.74 Å². The molecule has 2 rings (SSSR count). The van der Waals surface area contributed by atoms with Gasteiger partial charge in [-0.15, -0.1) is 0 Å². The molecule has 0 amide bonds. The molecule has 3 nitrogen and oxygen atoms in total. The lowest BCUT2D eigenvalue weighted by Gasteiger charge is -2.08. The molecule has 21 heavy (non-hydrogen) atoms. The van der Waals surface area contributed by atoms with Crippen molar-refractivity contribution in [3.63, 3.8) is 0 Å². The van der Waals surface area contributed by atoms with Gasteiger partial charge in [0.15, 0.2) is 5.12 Å². The summed E-state index contributed by atoms with van der Waals surface area (Å²) in [6, 6.07) is 9.32. The summed E-state index contributed by atoms with van der Waals surface area (Å²) >= 11 is 2.62. The highest BCUT2D eigenvalue weighted by Gasteiger charge is 2.04. The summed E-state index contributed by atoms with van der Waals surface area (Å²) in [5.41, 5.74) is 0. The van der Waals surface area contributed by atoms with Gasteiger partial charge in [-0.05, 0) is 25.0 Å². The molecule has 0 atom stereocenters. The highest BCUT2D eigenvalue weighted by molar-refractivity contribution is 8.13. The average Bonchev–Trinajstić information content (AvgIpc) is 2.50. The second kappa shape index (κ2) is 8.20. The third-order valence-electron chi connectivity index (χ3n) is 2.96. The molecular weight excluding hydrogens is 304 g/mol. The monoisotopic (exact) mass is 322 g/mol. The number of ether oxygens (including phenoxy) is 1. The number of fused-ring (bicyclic) bond motifs is 1. The summed E-state index contributed by atoms with van der Waals surface area (Å²) in [6.45, 7) is 2.44. The van der Waals surface area contributed by atoms with Gasteiger partial charge in [0.1, 0.15) is 5.75 Å². The number of benzene rings is 1. The summed E-state index contributed by atoms with van der Waals surface area (Å²) in [6.07, 6.45) is 2.41. The zero-order valence-electron chi connectivity index (χ0n) is 12.0. The Morgan fingerprint density at radius 2 is 2.10 bits per heavy atom. The topological polar surface area (TPSA) is 43.4 Å². The van der Waals surface area contributed by atoms with Crippen LogP contribution in [0.2, 0.25) is 0 Å². The lowest BCUT2D eigenvalue weighted by atomic mass is 10.2. The molecule has 112 valence electrons. The maximum Gasteiger partial charge on any atom is 0.236 e. The lowest BCUT2D eigenvalue weighted by Crippen LogP contribution is -2.02. The second-order valence-corrected chi connectivity index (χ2v) is 6.75. The van der Waals surface area contributed by atoms with Gasteiger partial charge in [-0.25, -0.2) is 0 Å². The number of hydrogen-bond acceptors (Lipinski definition) is 5. The molecule has 0 radical (unpaired) electrons. The van der Waals surface area contributed by atoms with Gasteiger partial charge in [-0.2, -0.15) is 0 Å². The summed E-state index contributed by atoms with van der Waals surface area (Å²) in [4.78, 5) is 22.8. The second-order valence-electron chi connectivity index (χ2n) is 4.56. The van der Waals surface area contributed by atoms with Gasteiger partial charge in [0.2, 0.25) is 4.74 Å². The predicted molar refractivity (Wildman–Crippen MR) is 90.6 cm³/mol. The van der Waals surface area contributed by atoms with Crippen LogP contribution in [0, 0.1) is 0 Å². The summed E-state index contributed by atoms with van der Waals surface area (Å²) in [7, 11) is 0. The van der Waals surface area contributed by atoms with E-state index in [9.17, 15) is 9.59 Å². The quantitative estimate of drug-likeness (QED) is 0.720. The molecule has 1 aromatic carbocycles. The third-order valence-corrected chi connectivity index (χ3v) is 4.96. The SMILES string of the molecule is CCC(=O)SCCCCOc1cc(=O)sc2ccccc12. The molecule has 1 aromatic heterocycles. The molecule has 0 saturated carbocycles. The fourth-order valence-corrected chi connectivity index (χ4v) is 3.46. The van der Waals surface area contributed by atoms with E-state index in [0.717, 1.165) is 28.7 Å².